The van der Waals surface area contributed by atoms with E-state index in [0.717, 1.165) is 21.5 Å². The normalized spacial score (nSPS) is 10.8. The number of aromatic nitrogens is 2. The molecule has 2 heterocycles. The van der Waals surface area contributed by atoms with Crippen LogP contribution in [0.2, 0.25) is 5.02 Å². The quantitative estimate of drug-likeness (QED) is 0.733. The number of hydrogen-bond acceptors (Lipinski definition) is 5. The van der Waals surface area contributed by atoms with Gasteiger partial charge in [-0.05, 0) is 19.1 Å². The minimum Gasteiger partial charge on any atom is -0.357 e. The van der Waals surface area contributed by atoms with Crippen molar-refractivity contribution in [3.05, 3.63) is 40.2 Å². The second-order valence-electron chi connectivity index (χ2n) is 4.51. The van der Waals surface area contributed by atoms with Gasteiger partial charge in [0.25, 0.3) is 0 Å². The fraction of sp³-hybridized carbons (Fsp3) is 0.133. The van der Waals surface area contributed by atoms with Gasteiger partial charge in [-0.1, -0.05) is 29.8 Å². The van der Waals surface area contributed by atoms with Gasteiger partial charge in [-0.15, -0.1) is 11.3 Å². The lowest BCUT2D eigenvalue weighted by Gasteiger charge is -2.07. The summed E-state index contributed by atoms with van der Waals surface area (Å²) in [4.78, 5) is 22.0. The molecule has 0 bridgehead atoms. The molecule has 0 radical (unpaired) electrons. The molecule has 2 aromatic heterocycles. The number of fused-ring (bicyclic) bond motifs is 1. The third-order valence-electron chi connectivity index (χ3n) is 3.09. The number of carbonyl (C=O) groups is 1. The highest BCUT2D eigenvalue weighted by molar-refractivity contribution is 7.20. The maximum Gasteiger partial charge on any atom is 0.224 e. The Bertz CT molecular complexity index is 844. The molecule has 0 saturated carbocycles. The molecule has 0 aliphatic carbocycles. The number of hydrogen-bond donors (Lipinski definition) is 1. The van der Waals surface area contributed by atoms with E-state index in [1.165, 1.54) is 11.3 Å². The Morgan fingerprint density at radius 2 is 2.05 bits per heavy atom. The van der Waals surface area contributed by atoms with E-state index in [4.69, 9.17) is 11.6 Å². The van der Waals surface area contributed by atoms with Crippen LogP contribution in [0, 0.1) is 0 Å². The zero-order valence-electron chi connectivity index (χ0n) is 11.5. The lowest BCUT2D eigenvalue weighted by atomic mass is 10.1. The largest absolute Gasteiger partial charge is 0.357 e. The Balaban J connectivity index is 2.34. The molecule has 0 atom stereocenters. The van der Waals surface area contributed by atoms with E-state index < -0.39 is 0 Å². The van der Waals surface area contributed by atoms with Crippen LogP contribution in [-0.2, 0) is 0 Å². The number of ketones is 1. The zero-order chi connectivity index (χ0) is 15.0. The second-order valence-corrected chi connectivity index (χ2v) is 5.95. The molecule has 0 amide bonds. The fourth-order valence-electron chi connectivity index (χ4n) is 2.07. The topological polar surface area (TPSA) is 54.9 Å². The first kappa shape index (κ1) is 14.0. The Morgan fingerprint density at radius 3 is 2.71 bits per heavy atom. The summed E-state index contributed by atoms with van der Waals surface area (Å²) in [7, 11) is 1.76. The average molecular weight is 318 g/mol. The minimum absolute atomic E-state index is 0.0223. The van der Waals surface area contributed by atoms with Crippen LogP contribution in [0.1, 0.15) is 16.6 Å². The van der Waals surface area contributed by atoms with E-state index in [0.29, 0.717) is 15.8 Å². The first-order valence-corrected chi connectivity index (χ1v) is 7.54. The molecule has 106 valence electrons. The van der Waals surface area contributed by atoms with Crippen molar-refractivity contribution in [2.75, 3.05) is 12.4 Å². The van der Waals surface area contributed by atoms with Gasteiger partial charge in [0.15, 0.2) is 5.78 Å². The molecular weight excluding hydrogens is 306 g/mol. The summed E-state index contributed by atoms with van der Waals surface area (Å²) in [6.07, 6.45) is 0. The van der Waals surface area contributed by atoms with Crippen LogP contribution in [0.25, 0.3) is 21.5 Å². The third-order valence-corrected chi connectivity index (χ3v) is 4.55. The Morgan fingerprint density at radius 1 is 1.29 bits per heavy atom. The van der Waals surface area contributed by atoms with E-state index in [9.17, 15) is 4.79 Å². The summed E-state index contributed by atoms with van der Waals surface area (Å²) >= 11 is 7.65. The number of halogens is 1. The molecule has 0 saturated heterocycles. The van der Waals surface area contributed by atoms with Gasteiger partial charge < -0.3 is 5.32 Å². The van der Waals surface area contributed by atoms with Crippen molar-refractivity contribution in [2.45, 2.75) is 6.92 Å². The number of nitrogens with zero attached hydrogens (tertiary/aromatic N) is 2. The highest BCUT2D eigenvalue weighted by atomic mass is 35.5. The predicted molar refractivity (Wildman–Crippen MR) is 87.4 cm³/mol. The predicted octanol–water partition coefficient (Wildman–Crippen LogP) is 4.26. The van der Waals surface area contributed by atoms with Gasteiger partial charge in [-0.25, -0.2) is 9.97 Å². The number of rotatable bonds is 3. The Kier molecular flexibility index (Phi) is 3.61. The summed E-state index contributed by atoms with van der Waals surface area (Å²) < 4.78 is 0. The van der Waals surface area contributed by atoms with Crippen molar-refractivity contribution < 1.29 is 4.79 Å². The summed E-state index contributed by atoms with van der Waals surface area (Å²) in [6.45, 7) is 1.55. The number of Topliss-reactive ketones (excluding diaryl/α,β-unsaturated/α-hetero) is 1. The van der Waals surface area contributed by atoms with Crippen LogP contribution in [0.3, 0.4) is 0 Å². The average Bonchev–Trinajstić information content (AvgIpc) is 2.91. The molecule has 6 heteroatoms. The Labute approximate surface area is 130 Å². The summed E-state index contributed by atoms with van der Waals surface area (Å²) in [5.41, 5.74) is 1.56. The molecule has 4 nitrogen and oxygen atoms in total. The van der Waals surface area contributed by atoms with E-state index in [1.54, 1.807) is 14.0 Å². The van der Waals surface area contributed by atoms with Gasteiger partial charge in [-0.3, -0.25) is 4.79 Å². The number of thiophene rings is 1. The lowest BCUT2D eigenvalue weighted by Crippen LogP contribution is -1.97. The molecule has 1 aromatic carbocycles. The molecule has 0 spiro atoms. The van der Waals surface area contributed by atoms with Crippen LogP contribution in [0.15, 0.2) is 30.3 Å². The Hall–Kier alpha value is -1.98. The van der Waals surface area contributed by atoms with Gasteiger partial charge in [0.1, 0.15) is 4.83 Å². The van der Waals surface area contributed by atoms with E-state index in [1.807, 2.05) is 30.3 Å². The number of benzene rings is 1. The van der Waals surface area contributed by atoms with E-state index in [-0.39, 0.29) is 5.78 Å². The zero-order valence-corrected chi connectivity index (χ0v) is 13.0. The summed E-state index contributed by atoms with van der Waals surface area (Å²) in [6, 6.07) is 9.35. The highest BCUT2D eigenvalue weighted by Crippen LogP contribution is 2.35. The van der Waals surface area contributed by atoms with Gasteiger partial charge in [0.2, 0.25) is 5.95 Å². The third kappa shape index (κ3) is 2.50. The molecule has 3 rings (SSSR count). The maximum absolute atomic E-state index is 11.6. The van der Waals surface area contributed by atoms with Crippen LogP contribution >= 0.6 is 22.9 Å². The van der Waals surface area contributed by atoms with Crippen LogP contribution in [0.5, 0.6) is 0 Å². The smallest absolute Gasteiger partial charge is 0.224 e. The van der Waals surface area contributed by atoms with Gasteiger partial charge in [-0.2, -0.15) is 0 Å². The standard InChI is InChI=1S/C15H12ClN3OS/c1-8(20)12-7-10-13(9-5-3-4-6-11(9)16)18-15(17-2)19-14(10)21-12/h3-7H,1-2H3,(H,17,18,19). The fourth-order valence-corrected chi connectivity index (χ4v) is 3.22. The van der Waals surface area contributed by atoms with Crippen LogP contribution < -0.4 is 5.32 Å². The van der Waals surface area contributed by atoms with Crippen molar-refractivity contribution in [3.8, 4) is 11.3 Å². The minimum atomic E-state index is 0.0223. The molecular formula is C15H12ClN3OS. The van der Waals surface area contributed by atoms with Crippen molar-refractivity contribution in [1.82, 2.24) is 9.97 Å². The van der Waals surface area contributed by atoms with Gasteiger partial charge in [0.05, 0.1) is 10.6 Å². The van der Waals surface area contributed by atoms with Crippen LogP contribution in [0.4, 0.5) is 5.95 Å². The number of carbonyl (C=O) groups excluding carboxylic acids is 1. The molecule has 0 fully saturated rings. The monoisotopic (exact) mass is 317 g/mol. The maximum atomic E-state index is 11.6. The molecule has 3 aromatic rings. The number of anilines is 1. The summed E-state index contributed by atoms with van der Waals surface area (Å²) in [5, 5.41) is 4.41. The lowest BCUT2D eigenvalue weighted by molar-refractivity contribution is 0.102. The van der Waals surface area contributed by atoms with E-state index >= 15 is 0 Å². The van der Waals surface area contributed by atoms with E-state index in [2.05, 4.69) is 15.3 Å². The molecule has 0 unspecified atom stereocenters. The van der Waals surface area contributed by atoms with Crippen molar-refractivity contribution >= 4 is 44.9 Å². The molecule has 0 aliphatic rings. The molecule has 21 heavy (non-hydrogen) atoms. The van der Waals surface area contributed by atoms with Crippen molar-refractivity contribution in [2.24, 2.45) is 0 Å². The van der Waals surface area contributed by atoms with Gasteiger partial charge in [0, 0.05) is 23.0 Å². The number of nitrogens with one attached hydrogen (secondary N) is 1. The van der Waals surface area contributed by atoms with Gasteiger partial charge >= 0.3 is 0 Å². The molecule has 0 aliphatic heterocycles. The SMILES string of the molecule is CNc1nc(-c2ccccc2Cl)c2cc(C(C)=O)sc2n1. The van der Waals surface area contributed by atoms with Crippen molar-refractivity contribution in [3.63, 3.8) is 0 Å². The molecule has 1 N–H and O–H groups in total. The summed E-state index contributed by atoms with van der Waals surface area (Å²) in [5.74, 6) is 0.531. The second kappa shape index (κ2) is 5.42. The van der Waals surface area contributed by atoms with Crippen molar-refractivity contribution in [1.29, 1.82) is 0 Å². The first-order chi connectivity index (χ1) is 10.1. The first-order valence-electron chi connectivity index (χ1n) is 6.35. The van der Waals surface area contributed by atoms with Crippen LogP contribution in [-0.4, -0.2) is 22.8 Å². The highest BCUT2D eigenvalue weighted by Gasteiger charge is 2.16.